The summed E-state index contributed by atoms with van der Waals surface area (Å²) in [7, 11) is 0. The summed E-state index contributed by atoms with van der Waals surface area (Å²) in [4.78, 5) is 9.03. The Morgan fingerprint density at radius 1 is 1.26 bits per heavy atom. The third-order valence-electron chi connectivity index (χ3n) is 3.61. The van der Waals surface area contributed by atoms with Gasteiger partial charge >= 0.3 is 0 Å². The van der Waals surface area contributed by atoms with Crippen LogP contribution in [0, 0.1) is 0 Å². The summed E-state index contributed by atoms with van der Waals surface area (Å²) < 4.78 is 0. The molecule has 0 bridgehead atoms. The standard InChI is InChI=1S/C14H24N4O/c1-3-6-11-16-12(15-4-2)9-13(17-11)18-14(10-19)7-5-8-14/h9,19H,3-8,10H2,1-2H3,(H2,15,16,17,18). The largest absolute Gasteiger partial charge is 0.394 e. The molecule has 1 aromatic heterocycles. The molecule has 19 heavy (non-hydrogen) atoms. The van der Waals surface area contributed by atoms with Crippen LogP contribution in [-0.2, 0) is 6.42 Å². The zero-order valence-corrected chi connectivity index (χ0v) is 11.9. The minimum absolute atomic E-state index is 0.163. The average Bonchev–Trinajstić information content (AvgIpc) is 2.34. The molecule has 5 heteroatoms. The van der Waals surface area contributed by atoms with E-state index in [1.807, 2.05) is 6.07 Å². The van der Waals surface area contributed by atoms with Gasteiger partial charge in [0.1, 0.15) is 17.5 Å². The van der Waals surface area contributed by atoms with E-state index < -0.39 is 0 Å². The van der Waals surface area contributed by atoms with E-state index in [1.165, 1.54) is 6.42 Å². The van der Waals surface area contributed by atoms with Gasteiger partial charge in [-0.1, -0.05) is 6.92 Å². The van der Waals surface area contributed by atoms with Crippen molar-refractivity contribution in [2.24, 2.45) is 0 Å². The van der Waals surface area contributed by atoms with E-state index in [1.54, 1.807) is 0 Å². The molecule has 0 saturated heterocycles. The van der Waals surface area contributed by atoms with Gasteiger partial charge in [0.2, 0.25) is 0 Å². The van der Waals surface area contributed by atoms with Gasteiger partial charge in [-0.2, -0.15) is 0 Å². The van der Waals surface area contributed by atoms with Gasteiger partial charge in [0.25, 0.3) is 0 Å². The van der Waals surface area contributed by atoms with Crippen LogP contribution in [0.3, 0.4) is 0 Å². The number of rotatable bonds is 7. The average molecular weight is 264 g/mol. The van der Waals surface area contributed by atoms with E-state index >= 15 is 0 Å². The number of aliphatic hydroxyl groups excluding tert-OH is 1. The van der Waals surface area contributed by atoms with Gasteiger partial charge in [-0.15, -0.1) is 0 Å². The molecule has 1 fully saturated rings. The maximum atomic E-state index is 9.52. The third kappa shape index (κ3) is 3.35. The first-order chi connectivity index (χ1) is 9.21. The summed E-state index contributed by atoms with van der Waals surface area (Å²) in [6, 6.07) is 1.93. The van der Waals surface area contributed by atoms with Crippen molar-refractivity contribution in [3.8, 4) is 0 Å². The Hall–Kier alpha value is -1.36. The second kappa shape index (κ2) is 6.19. The number of hydrogen-bond donors (Lipinski definition) is 3. The maximum absolute atomic E-state index is 9.52. The van der Waals surface area contributed by atoms with E-state index in [0.29, 0.717) is 0 Å². The van der Waals surface area contributed by atoms with Gasteiger partial charge in [-0.25, -0.2) is 9.97 Å². The molecule has 1 heterocycles. The molecule has 3 N–H and O–H groups in total. The number of nitrogens with one attached hydrogen (secondary N) is 2. The molecule has 5 nitrogen and oxygen atoms in total. The van der Waals surface area contributed by atoms with Crippen molar-refractivity contribution in [3.05, 3.63) is 11.9 Å². The summed E-state index contributed by atoms with van der Waals surface area (Å²) >= 11 is 0. The quantitative estimate of drug-likeness (QED) is 0.704. The molecule has 1 aliphatic carbocycles. The molecule has 0 radical (unpaired) electrons. The van der Waals surface area contributed by atoms with Crippen LogP contribution in [0.15, 0.2) is 6.07 Å². The lowest BCUT2D eigenvalue weighted by atomic mass is 9.77. The van der Waals surface area contributed by atoms with Crippen molar-refractivity contribution in [1.29, 1.82) is 0 Å². The number of aliphatic hydroxyl groups is 1. The Kier molecular flexibility index (Phi) is 4.58. The van der Waals surface area contributed by atoms with Gasteiger partial charge in [-0.3, -0.25) is 0 Å². The fourth-order valence-corrected chi connectivity index (χ4v) is 2.37. The Morgan fingerprint density at radius 2 is 2.00 bits per heavy atom. The predicted octanol–water partition coefficient (Wildman–Crippen LogP) is 2.19. The molecule has 0 atom stereocenters. The molecule has 1 aliphatic rings. The lowest BCUT2D eigenvalue weighted by Gasteiger charge is -2.41. The van der Waals surface area contributed by atoms with Gasteiger partial charge in [-0.05, 0) is 32.6 Å². The van der Waals surface area contributed by atoms with Crippen LogP contribution in [0.25, 0.3) is 0 Å². The highest BCUT2D eigenvalue weighted by molar-refractivity contribution is 5.49. The summed E-state index contributed by atoms with van der Waals surface area (Å²) in [5, 5.41) is 16.2. The van der Waals surface area contributed by atoms with Crippen molar-refractivity contribution in [3.63, 3.8) is 0 Å². The van der Waals surface area contributed by atoms with Crippen molar-refractivity contribution in [2.75, 3.05) is 23.8 Å². The molecule has 0 amide bonds. The Bertz CT molecular complexity index is 388. The van der Waals surface area contributed by atoms with Gasteiger partial charge in [0, 0.05) is 19.0 Å². The highest BCUT2D eigenvalue weighted by Gasteiger charge is 2.36. The predicted molar refractivity (Wildman–Crippen MR) is 77.5 cm³/mol. The number of nitrogens with zero attached hydrogens (tertiary/aromatic N) is 2. The number of aromatic nitrogens is 2. The molecular weight excluding hydrogens is 240 g/mol. The van der Waals surface area contributed by atoms with E-state index in [4.69, 9.17) is 0 Å². The second-order valence-corrected chi connectivity index (χ2v) is 5.25. The first-order valence-electron chi connectivity index (χ1n) is 7.22. The molecule has 106 valence electrons. The van der Waals surface area contributed by atoms with E-state index in [2.05, 4.69) is 34.4 Å². The molecule has 1 saturated carbocycles. The molecular formula is C14H24N4O. The van der Waals surface area contributed by atoms with Gasteiger partial charge in [0.05, 0.1) is 12.1 Å². The number of hydrogen-bond acceptors (Lipinski definition) is 5. The number of anilines is 2. The Morgan fingerprint density at radius 3 is 2.53 bits per heavy atom. The lowest BCUT2D eigenvalue weighted by molar-refractivity contribution is 0.144. The second-order valence-electron chi connectivity index (χ2n) is 5.25. The molecule has 2 rings (SSSR count). The molecule has 0 spiro atoms. The minimum atomic E-state index is -0.165. The normalized spacial score (nSPS) is 16.8. The molecule has 1 aromatic rings. The van der Waals surface area contributed by atoms with Crippen molar-refractivity contribution in [2.45, 2.75) is 51.5 Å². The van der Waals surface area contributed by atoms with E-state index in [0.717, 1.165) is 49.7 Å². The topological polar surface area (TPSA) is 70.1 Å². The summed E-state index contributed by atoms with van der Waals surface area (Å²) in [6.07, 6.45) is 5.08. The van der Waals surface area contributed by atoms with E-state index in [9.17, 15) is 5.11 Å². The monoisotopic (exact) mass is 264 g/mol. The van der Waals surface area contributed by atoms with Crippen LogP contribution in [0.2, 0.25) is 0 Å². The summed E-state index contributed by atoms with van der Waals surface area (Å²) in [5.74, 6) is 2.54. The Labute approximate surface area is 114 Å². The minimum Gasteiger partial charge on any atom is -0.394 e. The molecule has 0 aliphatic heterocycles. The van der Waals surface area contributed by atoms with Gasteiger partial charge < -0.3 is 15.7 Å². The number of aryl methyl sites for hydroxylation is 1. The fraction of sp³-hybridized carbons (Fsp3) is 0.714. The molecule has 0 unspecified atom stereocenters. The fourth-order valence-electron chi connectivity index (χ4n) is 2.37. The van der Waals surface area contributed by atoms with Crippen molar-refractivity contribution in [1.82, 2.24) is 9.97 Å². The van der Waals surface area contributed by atoms with Crippen LogP contribution in [0.5, 0.6) is 0 Å². The Balaban J connectivity index is 2.17. The van der Waals surface area contributed by atoms with Crippen LogP contribution >= 0.6 is 0 Å². The van der Waals surface area contributed by atoms with Crippen LogP contribution in [0.1, 0.15) is 45.4 Å². The first kappa shape index (κ1) is 14.1. The molecule has 0 aromatic carbocycles. The van der Waals surface area contributed by atoms with Gasteiger partial charge in [0.15, 0.2) is 0 Å². The lowest BCUT2D eigenvalue weighted by Crippen LogP contribution is -2.48. The van der Waals surface area contributed by atoms with Crippen molar-refractivity contribution < 1.29 is 5.11 Å². The van der Waals surface area contributed by atoms with E-state index in [-0.39, 0.29) is 12.1 Å². The third-order valence-corrected chi connectivity index (χ3v) is 3.61. The highest BCUT2D eigenvalue weighted by Crippen LogP contribution is 2.34. The van der Waals surface area contributed by atoms with Crippen molar-refractivity contribution >= 4 is 11.6 Å². The maximum Gasteiger partial charge on any atom is 0.133 e. The zero-order chi connectivity index (χ0) is 13.7. The van der Waals surface area contributed by atoms with Crippen LogP contribution in [-0.4, -0.2) is 33.8 Å². The summed E-state index contributed by atoms with van der Waals surface area (Å²) in [6.45, 7) is 5.18. The summed E-state index contributed by atoms with van der Waals surface area (Å²) in [5.41, 5.74) is -0.165. The highest BCUT2D eigenvalue weighted by atomic mass is 16.3. The zero-order valence-electron chi connectivity index (χ0n) is 11.9. The first-order valence-corrected chi connectivity index (χ1v) is 7.22. The van der Waals surface area contributed by atoms with Crippen LogP contribution in [0.4, 0.5) is 11.6 Å². The SMILES string of the molecule is CCCc1nc(NCC)cc(NC2(CO)CCC2)n1. The smallest absolute Gasteiger partial charge is 0.133 e. The van der Waals surface area contributed by atoms with Crippen LogP contribution < -0.4 is 10.6 Å².